The van der Waals surface area contributed by atoms with Gasteiger partial charge >= 0.3 is 5.69 Å². The third-order valence-electron chi connectivity index (χ3n) is 6.62. The monoisotopic (exact) mass is 476 g/mol. The second-order valence-electron chi connectivity index (χ2n) is 9.37. The molecule has 5 rings (SSSR count). The quantitative estimate of drug-likeness (QED) is 0.358. The van der Waals surface area contributed by atoms with Crippen molar-refractivity contribution in [2.24, 2.45) is 14.1 Å². The molecule has 0 bridgehead atoms. The van der Waals surface area contributed by atoms with Gasteiger partial charge in [-0.05, 0) is 19.9 Å². The summed E-state index contributed by atoms with van der Waals surface area (Å²) in [5.41, 5.74) is 0.477. The molecular weight excluding hydrogens is 452 g/mol. The number of aromatic nitrogens is 3. The largest absolute Gasteiger partial charge is 0.508 e. The highest BCUT2D eigenvalue weighted by Gasteiger charge is 2.41. The molecule has 2 aromatic heterocycles. The van der Waals surface area contributed by atoms with Crippen LogP contribution in [-0.2, 0) is 24.4 Å². The van der Waals surface area contributed by atoms with Crippen molar-refractivity contribution < 1.29 is 14.8 Å². The number of phenols is 1. The first-order valence-corrected chi connectivity index (χ1v) is 11.0. The Kier molecular flexibility index (Phi) is 4.95. The van der Waals surface area contributed by atoms with E-state index < -0.39 is 27.8 Å². The van der Waals surface area contributed by atoms with Crippen molar-refractivity contribution in [3.63, 3.8) is 0 Å². The van der Waals surface area contributed by atoms with Crippen LogP contribution in [0.25, 0.3) is 22.2 Å². The van der Waals surface area contributed by atoms with Crippen molar-refractivity contribution >= 4 is 16.6 Å². The highest BCUT2D eigenvalue weighted by molar-refractivity contribution is 5.97. The van der Waals surface area contributed by atoms with Gasteiger partial charge in [-0.1, -0.05) is 30.3 Å². The van der Waals surface area contributed by atoms with E-state index in [9.17, 15) is 24.8 Å². The first-order chi connectivity index (χ1) is 16.5. The van der Waals surface area contributed by atoms with Gasteiger partial charge in [0.15, 0.2) is 0 Å². The van der Waals surface area contributed by atoms with Crippen molar-refractivity contribution in [2.75, 3.05) is 6.61 Å². The van der Waals surface area contributed by atoms with E-state index in [4.69, 9.17) is 4.74 Å². The van der Waals surface area contributed by atoms with Gasteiger partial charge in [0.2, 0.25) is 0 Å². The summed E-state index contributed by atoms with van der Waals surface area (Å²) in [6.07, 6.45) is -0.781. The first kappa shape index (κ1) is 22.6. The summed E-state index contributed by atoms with van der Waals surface area (Å²) in [6, 6.07) is 12.8. The normalized spacial score (nSPS) is 16.9. The molecule has 180 valence electrons. The Morgan fingerprint density at radius 1 is 1.09 bits per heavy atom. The van der Waals surface area contributed by atoms with Crippen molar-refractivity contribution in [2.45, 2.75) is 25.5 Å². The molecule has 2 aromatic carbocycles. The SMILES string of the molecule is Cn1c(=O)c2c(-c3cccc([N+](=O)[O-])c3)n3c(c2n(C)c1=O)[C@@H](c1ccccc1O)OCC3(C)C. The van der Waals surface area contributed by atoms with Crippen molar-refractivity contribution in [3.05, 3.63) is 90.7 Å². The number of nitro benzene ring substituents is 1. The Morgan fingerprint density at radius 2 is 1.80 bits per heavy atom. The summed E-state index contributed by atoms with van der Waals surface area (Å²) in [6.45, 7) is 4.09. The topological polar surface area (TPSA) is 122 Å². The molecule has 0 saturated carbocycles. The van der Waals surface area contributed by atoms with E-state index in [0.29, 0.717) is 28.0 Å². The molecule has 0 spiro atoms. The number of para-hydroxylation sites is 1. The number of rotatable bonds is 3. The predicted octanol–water partition coefficient (Wildman–Crippen LogP) is 3.17. The molecule has 1 N–H and O–H groups in total. The Morgan fingerprint density at radius 3 is 2.49 bits per heavy atom. The van der Waals surface area contributed by atoms with E-state index in [-0.39, 0.29) is 23.4 Å². The number of ether oxygens (including phenoxy) is 1. The number of aromatic hydroxyl groups is 1. The second kappa shape index (κ2) is 7.67. The Balaban J connectivity index is 2.02. The lowest BCUT2D eigenvalue weighted by Gasteiger charge is -2.39. The van der Waals surface area contributed by atoms with E-state index in [1.165, 1.54) is 23.7 Å². The molecule has 0 radical (unpaired) electrons. The fraction of sp³-hybridized carbons (Fsp3) is 0.280. The number of phenolic OH excluding ortho intramolecular Hbond substituents is 1. The molecule has 4 aromatic rings. The number of non-ortho nitro benzene ring substituents is 1. The van der Waals surface area contributed by atoms with Gasteiger partial charge in [-0.15, -0.1) is 0 Å². The zero-order valence-electron chi connectivity index (χ0n) is 19.7. The number of aryl methyl sites for hydroxylation is 1. The van der Waals surface area contributed by atoms with Gasteiger partial charge in [-0.3, -0.25) is 24.0 Å². The lowest BCUT2D eigenvalue weighted by Crippen LogP contribution is -2.40. The highest BCUT2D eigenvalue weighted by Crippen LogP contribution is 2.47. The molecule has 0 aliphatic carbocycles. The van der Waals surface area contributed by atoms with Crippen LogP contribution in [0.4, 0.5) is 5.69 Å². The van der Waals surface area contributed by atoms with Gasteiger partial charge in [0.05, 0.1) is 39.4 Å². The van der Waals surface area contributed by atoms with Crippen LogP contribution in [0, 0.1) is 10.1 Å². The maximum absolute atomic E-state index is 13.6. The average Bonchev–Trinajstić information content (AvgIpc) is 3.20. The molecule has 0 unspecified atom stereocenters. The summed E-state index contributed by atoms with van der Waals surface area (Å²) in [5.74, 6) is 0.0174. The van der Waals surface area contributed by atoms with Crippen LogP contribution in [0.5, 0.6) is 5.75 Å². The van der Waals surface area contributed by atoms with E-state index in [2.05, 4.69) is 0 Å². The first-order valence-electron chi connectivity index (χ1n) is 11.0. The smallest absolute Gasteiger partial charge is 0.331 e. The molecular formula is C25H24N4O6. The maximum Gasteiger partial charge on any atom is 0.331 e. The molecule has 3 heterocycles. The van der Waals surface area contributed by atoms with Gasteiger partial charge < -0.3 is 14.4 Å². The number of hydrogen-bond acceptors (Lipinski definition) is 6. The van der Waals surface area contributed by atoms with Gasteiger partial charge in [0, 0.05) is 37.4 Å². The molecule has 10 nitrogen and oxygen atoms in total. The van der Waals surface area contributed by atoms with E-state index >= 15 is 0 Å². The second-order valence-corrected chi connectivity index (χ2v) is 9.37. The Bertz CT molecular complexity index is 1640. The van der Waals surface area contributed by atoms with Crippen molar-refractivity contribution in [1.29, 1.82) is 0 Å². The van der Waals surface area contributed by atoms with E-state index in [1.54, 1.807) is 43.4 Å². The minimum atomic E-state index is -0.781. The summed E-state index contributed by atoms with van der Waals surface area (Å²) in [5, 5.41) is 22.4. The van der Waals surface area contributed by atoms with Crippen LogP contribution >= 0.6 is 0 Å². The summed E-state index contributed by atoms with van der Waals surface area (Å²) in [7, 11) is 2.98. The molecule has 0 saturated heterocycles. The Hall–Kier alpha value is -4.18. The van der Waals surface area contributed by atoms with E-state index in [0.717, 1.165) is 4.57 Å². The lowest BCUT2D eigenvalue weighted by molar-refractivity contribution is -0.384. The number of hydrogen-bond donors (Lipinski definition) is 1. The molecule has 0 fully saturated rings. The zero-order valence-corrected chi connectivity index (χ0v) is 19.7. The minimum absolute atomic E-state index is 0.0174. The van der Waals surface area contributed by atoms with E-state index in [1.807, 2.05) is 18.4 Å². The third-order valence-corrected chi connectivity index (χ3v) is 6.62. The van der Waals surface area contributed by atoms with Crippen LogP contribution in [-0.4, -0.2) is 30.3 Å². The fourth-order valence-electron chi connectivity index (χ4n) is 4.98. The number of fused-ring (bicyclic) bond motifs is 3. The van der Waals surface area contributed by atoms with Crippen LogP contribution in [0.1, 0.15) is 31.2 Å². The van der Waals surface area contributed by atoms with Crippen molar-refractivity contribution in [3.8, 4) is 17.0 Å². The highest BCUT2D eigenvalue weighted by atomic mass is 16.6. The van der Waals surface area contributed by atoms with Gasteiger partial charge in [0.25, 0.3) is 11.2 Å². The Labute approximate surface area is 199 Å². The third kappa shape index (κ3) is 3.21. The van der Waals surface area contributed by atoms with Crippen LogP contribution in [0.3, 0.4) is 0 Å². The van der Waals surface area contributed by atoms with Gasteiger partial charge in [-0.2, -0.15) is 0 Å². The maximum atomic E-state index is 13.6. The van der Waals surface area contributed by atoms with Crippen LogP contribution < -0.4 is 11.2 Å². The summed E-state index contributed by atoms with van der Waals surface area (Å²) >= 11 is 0. The average molecular weight is 476 g/mol. The number of nitrogens with zero attached hydrogens (tertiary/aromatic N) is 4. The van der Waals surface area contributed by atoms with Crippen LogP contribution in [0.15, 0.2) is 58.1 Å². The van der Waals surface area contributed by atoms with Gasteiger partial charge in [0.1, 0.15) is 11.9 Å². The molecule has 10 heteroatoms. The summed E-state index contributed by atoms with van der Waals surface area (Å²) < 4.78 is 10.6. The molecule has 35 heavy (non-hydrogen) atoms. The fourth-order valence-corrected chi connectivity index (χ4v) is 4.98. The summed E-state index contributed by atoms with van der Waals surface area (Å²) in [4.78, 5) is 37.6. The predicted molar refractivity (Wildman–Crippen MR) is 130 cm³/mol. The zero-order chi connectivity index (χ0) is 25.2. The van der Waals surface area contributed by atoms with Crippen molar-refractivity contribution in [1.82, 2.24) is 13.7 Å². The van der Waals surface area contributed by atoms with Crippen LogP contribution in [0.2, 0.25) is 0 Å². The molecule has 0 amide bonds. The lowest BCUT2D eigenvalue weighted by atomic mass is 9.97. The van der Waals surface area contributed by atoms with Gasteiger partial charge in [-0.25, -0.2) is 4.79 Å². The molecule has 1 atom stereocenters. The molecule has 1 aliphatic heterocycles. The molecule has 1 aliphatic rings. The number of nitro groups is 1. The number of benzene rings is 2. The minimum Gasteiger partial charge on any atom is -0.508 e. The standard InChI is InChI=1S/C25H24N4O6/c1-25(2)13-35-22(16-10-5-6-11-17(16)30)21-20-18(23(31)27(4)24(32)26(20)3)19(28(21)25)14-8-7-9-15(12-14)29(33)34/h5-12,22,30H,13H2,1-4H3/t22-/m1/s1.